The minimum Gasteiger partial charge on any atom is -0.490 e. The predicted molar refractivity (Wildman–Crippen MR) is 106 cm³/mol. The van der Waals surface area contributed by atoms with Crippen LogP contribution in [-0.2, 0) is 13.0 Å². The molecule has 5 nitrogen and oxygen atoms in total. The van der Waals surface area contributed by atoms with Crippen molar-refractivity contribution in [2.75, 3.05) is 13.2 Å². The molecule has 2 heterocycles. The number of benzene rings is 1. The van der Waals surface area contributed by atoms with E-state index in [1.54, 1.807) is 0 Å². The van der Waals surface area contributed by atoms with E-state index in [0.29, 0.717) is 12.6 Å². The maximum Gasteiger partial charge on any atom is 0.161 e. The summed E-state index contributed by atoms with van der Waals surface area (Å²) in [6.45, 7) is 12.9. The van der Waals surface area contributed by atoms with Crippen LogP contribution in [0.3, 0.4) is 0 Å². The number of aromatic nitrogens is 1. The first-order valence-corrected chi connectivity index (χ1v) is 10.1. The van der Waals surface area contributed by atoms with E-state index in [0.717, 1.165) is 48.9 Å². The lowest BCUT2D eigenvalue weighted by atomic mass is 10.0. The van der Waals surface area contributed by atoms with Crippen LogP contribution >= 0.6 is 0 Å². The van der Waals surface area contributed by atoms with Crippen molar-refractivity contribution in [1.29, 1.82) is 0 Å². The molecule has 148 valence electrons. The molecular formula is C22H32N2O3. The van der Waals surface area contributed by atoms with E-state index in [1.165, 1.54) is 17.5 Å². The predicted octanol–water partition coefficient (Wildman–Crippen LogP) is 5.07. The van der Waals surface area contributed by atoms with Crippen molar-refractivity contribution in [3.05, 3.63) is 40.8 Å². The van der Waals surface area contributed by atoms with Gasteiger partial charge in [-0.1, -0.05) is 18.1 Å². The molecule has 2 aromatic rings. The van der Waals surface area contributed by atoms with Crippen molar-refractivity contribution >= 4 is 0 Å². The third-order valence-electron chi connectivity index (χ3n) is 5.06. The molecule has 1 aromatic carbocycles. The van der Waals surface area contributed by atoms with Gasteiger partial charge in [0.15, 0.2) is 11.5 Å². The maximum atomic E-state index is 5.89. The molecule has 1 saturated heterocycles. The van der Waals surface area contributed by atoms with Crippen molar-refractivity contribution in [3.8, 4) is 11.5 Å². The molecule has 1 fully saturated rings. The van der Waals surface area contributed by atoms with E-state index in [-0.39, 0.29) is 6.10 Å². The Bertz CT molecular complexity index is 754. The van der Waals surface area contributed by atoms with Gasteiger partial charge in [0.25, 0.3) is 0 Å². The molecular weight excluding hydrogens is 340 g/mol. The highest BCUT2D eigenvalue weighted by Crippen LogP contribution is 2.38. The van der Waals surface area contributed by atoms with Gasteiger partial charge in [-0.15, -0.1) is 0 Å². The fraction of sp³-hybridized carbons (Fsp3) is 0.591. The summed E-state index contributed by atoms with van der Waals surface area (Å²) in [5.41, 5.74) is 3.56. The van der Waals surface area contributed by atoms with Gasteiger partial charge in [0, 0.05) is 24.6 Å². The maximum absolute atomic E-state index is 5.89. The first-order chi connectivity index (χ1) is 13.0. The first-order valence-electron chi connectivity index (χ1n) is 10.1. The molecule has 27 heavy (non-hydrogen) atoms. The zero-order valence-electron chi connectivity index (χ0n) is 17.2. The third-order valence-corrected chi connectivity index (χ3v) is 5.06. The Morgan fingerprint density at radius 3 is 2.78 bits per heavy atom. The van der Waals surface area contributed by atoms with Gasteiger partial charge in [0.2, 0.25) is 0 Å². The number of likely N-dealkylation sites (tertiary alicyclic amines) is 1. The fourth-order valence-electron chi connectivity index (χ4n) is 3.95. The second-order valence-electron chi connectivity index (χ2n) is 7.47. The Morgan fingerprint density at radius 1 is 1.26 bits per heavy atom. The Balaban J connectivity index is 1.81. The number of hydrogen-bond acceptors (Lipinski definition) is 5. The van der Waals surface area contributed by atoms with Crippen LogP contribution in [0.25, 0.3) is 0 Å². The molecule has 0 aliphatic carbocycles. The Hall–Kier alpha value is -2.01. The monoisotopic (exact) mass is 372 g/mol. The second-order valence-corrected chi connectivity index (χ2v) is 7.47. The fourth-order valence-corrected chi connectivity index (χ4v) is 3.95. The zero-order chi connectivity index (χ0) is 19.4. The molecule has 5 heteroatoms. The third kappa shape index (κ3) is 4.46. The summed E-state index contributed by atoms with van der Waals surface area (Å²) in [6, 6.07) is 6.69. The summed E-state index contributed by atoms with van der Waals surface area (Å²) in [5, 5.41) is 4.21. The smallest absolute Gasteiger partial charge is 0.161 e. The molecule has 1 aliphatic rings. The molecule has 0 N–H and O–H groups in total. The summed E-state index contributed by atoms with van der Waals surface area (Å²) in [7, 11) is 0. The highest BCUT2D eigenvalue weighted by molar-refractivity contribution is 5.43. The number of ether oxygens (including phenoxy) is 2. The van der Waals surface area contributed by atoms with E-state index in [1.807, 2.05) is 26.8 Å². The largest absolute Gasteiger partial charge is 0.490 e. The molecule has 0 unspecified atom stereocenters. The minimum atomic E-state index is 0.127. The number of hydrogen-bond donors (Lipinski definition) is 0. The van der Waals surface area contributed by atoms with Crippen LogP contribution in [0.1, 0.15) is 69.2 Å². The normalized spacial score (nSPS) is 17.6. The van der Waals surface area contributed by atoms with Crippen molar-refractivity contribution in [3.63, 3.8) is 0 Å². The Kier molecular flexibility index (Phi) is 6.42. The van der Waals surface area contributed by atoms with Crippen molar-refractivity contribution in [2.45, 2.75) is 72.6 Å². The molecule has 0 radical (unpaired) electrons. The summed E-state index contributed by atoms with van der Waals surface area (Å²) in [4.78, 5) is 2.53. The number of rotatable bonds is 8. The quantitative estimate of drug-likeness (QED) is 0.647. The van der Waals surface area contributed by atoms with E-state index < -0.39 is 0 Å². The minimum absolute atomic E-state index is 0.127. The van der Waals surface area contributed by atoms with Gasteiger partial charge in [-0.3, -0.25) is 4.90 Å². The van der Waals surface area contributed by atoms with Gasteiger partial charge >= 0.3 is 0 Å². The second kappa shape index (κ2) is 8.79. The van der Waals surface area contributed by atoms with Gasteiger partial charge < -0.3 is 14.0 Å². The molecule has 0 amide bonds. The first kappa shape index (κ1) is 19.7. The highest BCUT2D eigenvalue weighted by Gasteiger charge is 2.31. The van der Waals surface area contributed by atoms with E-state index in [9.17, 15) is 0 Å². The summed E-state index contributed by atoms with van der Waals surface area (Å²) in [5.74, 6) is 2.67. The van der Waals surface area contributed by atoms with Crippen LogP contribution in [-0.4, -0.2) is 29.3 Å². The van der Waals surface area contributed by atoms with Crippen LogP contribution in [0.5, 0.6) is 11.5 Å². The average Bonchev–Trinajstić information content (AvgIpc) is 3.22. The zero-order valence-corrected chi connectivity index (χ0v) is 17.2. The van der Waals surface area contributed by atoms with E-state index in [2.05, 4.69) is 36.0 Å². The molecule has 0 saturated carbocycles. The molecule has 0 spiro atoms. The van der Waals surface area contributed by atoms with E-state index in [4.69, 9.17) is 14.0 Å². The molecule has 0 bridgehead atoms. The lowest BCUT2D eigenvalue weighted by Gasteiger charge is -2.25. The van der Waals surface area contributed by atoms with Crippen molar-refractivity contribution in [1.82, 2.24) is 10.1 Å². The van der Waals surface area contributed by atoms with Crippen LogP contribution in [0.2, 0.25) is 0 Å². The molecule has 1 aromatic heterocycles. The van der Waals surface area contributed by atoms with Gasteiger partial charge in [0.1, 0.15) is 5.76 Å². The summed E-state index contributed by atoms with van der Waals surface area (Å²) < 4.78 is 17.3. The molecule has 3 rings (SSSR count). The molecule has 1 atom stereocenters. The van der Waals surface area contributed by atoms with Crippen molar-refractivity contribution < 1.29 is 14.0 Å². The van der Waals surface area contributed by atoms with E-state index >= 15 is 0 Å². The molecule has 1 aliphatic heterocycles. The lowest BCUT2D eigenvalue weighted by molar-refractivity contribution is 0.222. The van der Waals surface area contributed by atoms with Gasteiger partial charge in [-0.2, -0.15) is 0 Å². The Labute approximate surface area is 162 Å². The van der Waals surface area contributed by atoms with Crippen LogP contribution in [0.15, 0.2) is 22.7 Å². The standard InChI is InChI=1S/C22H32N2O3/c1-6-19-22(16(5)23-27-19)18-9-8-12-24(18)14-17-10-11-20(26-15(3)4)21(13-17)25-7-2/h10-11,13,15,18H,6-9,12,14H2,1-5H3/t18-/m0/s1. The SMILES string of the molecule is CCOc1cc(CN2CCC[C@H]2c2c(C)noc2CC)ccc1OC(C)C. The summed E-state index contributed by atoms with van der Waals surface area (Å²) >= 11 is 0. The van der Waals surface area contributed by atoms with Crippen LogP contribution < -0.4 is 9.47 Å². The number of nitrogens with zero attached hydrogens (tertiary/aromatic N) is 2. The highest BCUT2D eigenvalue weighted by atomic mass is 16.5. The Morgan fingerprint density at radius 2 is 2.07 bits per heavy atom. The van der Waals surface area contributed by atoms with Crippen molar-refractivity contribution in [2.24, 2.45) is 0 Å². The number of aryl methyl sites for hydroxylation is 2. The van der Waals surface area contributed by atoms with Crippen LogP contribution in [0, 0.1) is 6.92 Å². The summed E-state index contributed by atoms with van der Waals surface area (Å²) in [6.07, 6.45) is 3.37. The van der Waals surface area contributed by atoms with Gasteiger partial charge in [0.05, 0.1) is 18.4 Å². The topological polar surface area (TPSA) is 47.7 Å². The lowest BCUT2D eigenvalue weighted by Crippen LogP contribution is -2.23. The van der Waals surface area contributed by atoms with Gasteiger partial charge in [-0.05, 0) is 64.8 Å². The van der Waals surface area contributed by atoms with Gasteiger partial charge in [-0.25, -0.2) is 0 Å². The average molecular weight is 373 g/mol. The van der Waals surface area contributed by atoms with Crippen LogP contribution in [0.4, 0.5) is 0 Å².